The first-order valence-electron chi connectivity index (χ1n) is 8.01. The first kappa shape index (κ1) is 21.8. The fourth-order valence-electron chi connectivity index (χ4n) is 1.28. The van der Waals surface area contributed by atoms with Crippen LogP contribution in [-0.4, -0.2) is 64.8 Å². The van der Waals surface area contributed by atoms with Gasteiger partial charge in [-0.1, -0.05) is 27.7 Å². The van der Waals surface area contributed by atoms with Gasteiger partial charge in [-0.3, -0.25) is 9.59 Å². The van der Waals surface area contributed by atoms with Crippen LogP contribution in [0.25, 0.3) is 0 Å². The van der Waals surface area contributed by atoms with E-state index in [9.17, 15) is 9.59 Å². The smallest absolute Gasteiger partial charge is 0.308 e. The lowest BCUT2D eigenvalue weighted by Gasteiger charge is -2.09. The largest absolute Gasteiger partial charge is 0.463 e. The van der Waals surface area contributed by atoms with E-state index in [0.29, 0.717) is 39.6 Å². The van der Waals surface area contributed by atoms with E-state index in [2.05, 4.69) is 0 Å². The summed E-state index contributed by atoms with van der Waals surface area (Å²) in [4.78, 5) is 22.3. The molecule has 0 aromatic heterocycles. The summed E-state index contributed by atoms with van der Waals surface area (Å²) in [6, 6.07) is 0. The lowest BCUT2D eigenvalue weighted by atomic mass is 10.2. The molecule has 0 fully saturated rings. The van der Waals surface area contributed by atoms with E-state index in [-0.39, 0.29) is 37.0 Å². The average molecular weight is 334 g/mol. The van der Waals surface area contributed by atoms with Crippen molar-refractivity contribution in [3.05, 3.63) is 0 Å². The molecule has 0 atom stereocenters. The van der Waals surface area contributed by atoms with Crippen LogP contribution in [0.3, 0.4) is 0 Å². The highest BCUT2D eigenvalue weighted by Crippen LogP contribution is 1.96. The molecule has 0 aliphatic carbocycles. The highest BCUT2D eigenvalue weighted by Gasteiger charge is 2.07. The van der Waals surface area contributed by atoms with Crippen LogP contribution >= 0.6 is 0 Å². The second-order valence-corrected chi connectivity index (χ2v) is 5.48. The Morgan fingerprint density at radius 1 is 0.565 bits per heavy atom. The zero-order valence-electron chi connectivity index (χ0n) is 14.7. The number of carbonyl (C=O) groups is 2. The molecule has 0 aliphatic rings. The van der Waals surface area contributed by atoms with Gasteiger partial charge in [-0.25, -0.2) is 0 Å². The summed E-state index contributed by atoms with van der Waals surface area (Å²) in [5.74, 6) is -0.679. The van der Waals surface area contributed by atoms with Crippen LogP contribution in [0.5, 0.6) is 0 Å². The third kappa shape index (κ3) is 14.2. The van der Waals surface area contributed by atoms with E-state index in [1.54, 1.807) is 27.7 Å². The highest BCUT2D eigenvalue weighted by molar-refractivity contribution is 5.71. The molecule has 0 radical (unpaired) electrons. The lowest BCUT2D eigenvalue weighted by molar-refractivity contribution is -0.149. The van der Waals surface area contributed by atoms with E-state index in [4.69, 9.17) is 23.7 Å². The Kier molecular flexibility index (Phi) is 13.7. The van der Waals surface area contributed by atoms with Crippen LogP contribution in [0, 0.1) is 11.8 Å². The molecule has 0 N–H and O–H groups in total. The van der Waals surface area contributed by atoms with Crippen LogP contribution < -0.4 is 0 Å². The molecule has 0 bridgehead atoms. The van der Waals surface area contributed by atoms with Crippen molar-refractivity contribution in [3.63, 3.8) is 0 Å². The molecule has 0 aliphatic heterocycles. The molecule has 0 heterocycles. The van der Waals surface area contributed by atoms with Gasteiger partial charge in [-0.05, 0) is 0 Å². The van der Waals surface area contributed by atoms with Crippen molar-refractivity contribution in [2.45, 2.75) is 27.7 Å². The standard InChI is InChI=1S/C16H30O7/c1-13(2)15(17)22-11-9-20-7-5-19-6-8-21-10-12-23-16(18)14(3)4/h13-14H,5-12H2,1-4H3. The lowest BCUT2D eigenvalue weighted by Crippen LogP contribution is -2.17. The molecule has 23 heavy (non-hydrogen) atoms. The van der Waals surface area contributed by atoms with Gasteiger partial charge < -0.3 is 23.7 Å². The molecule has 0 saturated heterocycles. The van der Waals surface area contributed by atoms with Crippen molar-refractivity contribution < 1.29 is 33.3 Å². The second-order valence-electron chi connectivity index (χ2n) is 5.48. The number of esters is 2. The summed E-state index contributed by atoms with van der Waals surface area (Å²) in [5.41, 5.74) is 0. The molecule has 7 heteroatoms. The number of rotatable bonds is 14. The van der Waals surface area contributed by atoms with Gasteiger partial charge in [0.1, 0.15) is 13.2 Å². The highest BCUT2D eigenvalue weighted by atomic mass is 16.6. The molecule has 136 valence electrons. The Morgan fingerprint density at radius 3 is 1.09 bits per heavy atom. The normalized spacial score (nSPS) is 11.0. The summed E-state index contributed by atoms with van der Waals surface area (Å²) < 4.78 is 25.7. The molecule has 0 saturated carbocycles. The monoisotopic (exact) mass is 334 g/mol. The van der Waals surface area contributed by atoms with Gasteiger partial charge in [-0.2, -0.15) is 0 Å². The quantitative estimate of drug-likeness (QED) is 0.351. The fourth-order valence-corrected chi connectivity index (χ4v) is 1.28. The van der Waals surface area contributed by atoms with E-state index in [1.165, 1.54) is 0 Å². The maximum Gasteiger partial charge on any atom is 0.308 e. The van der Waals surface area contributed by atoms with Gasteiger partial charge in [0.25, 0.3) is 0 Å². The van der Waals surface area contributed by atoms with Crippen molar-refractivity contribution in [2.24, 2.45) is 11.8 Å². The Morgan fingerprint density at radius 2 is 0.826 bits per heavy atom. The van der Waals surface area contributed by atoms with Crippen molar-refractivity contribution in [2.75, 3.05) is 52.9 Å². The van der Waals surface area contributed by atoms with Gasteiger partial charge in [0.05, 0.1) is 51.5 Å². The molecule has 0 amide bonds. The van der Waals surface area contributed by atoms with Crippen molar-refractivity contribution in [1.29, 1.82) is 0 Å². The average Bonchev–Trinajstić information content (AvgIpc) is 2.50. The second kappa shape index (κ2) is 14.4. The molecule has 7 nitrogen and oxygen atoms in total. The predicted octanol–water partition coefficient (Wildman–Crippen LogP) is 1.43. The van der Waals surface area contributed by atoms with Crippen LogP contribution in [0.1, 0.15) is 27.7 Å². The van der Waals surface area contributed by atoms with Crippen LogP contribution in [0.2, 0.25) is 0 Å². The molecule has 0 unspecified atom stereocenters. The molecule has 0 aromatic rings. The first-order chi connectivity index (χ1) is 10.9. The van der Waals surface area contributed by atoms with E-state index in [1.807, 2.05) is 0 Å². The molecular formula is C16H30O7. The summed E-state index contributed by atoms with van der Waals surface area (Å²) in [6.45, 7) is 10.1. The zero-order valence-corrected chi connectivity index (χ0v) is 14.7. The Labute approximate surface area is 138 Å². The minimum atomic E-state index is -0.221. The summed E-state index contributed by atoms with van der Waals surface area (Å²) in [7, 11) is 0. The third-order valence-electron chi connectivity index (χ3n) is 2.63. The number of carbonyl (C=O) groups excluding carboxylic acids is 2. The van der Waals surface area contributed by atoms with Crippen LogP contribution in [0.4, 0.5) is 0 Å². The SMILES string of the molecule is CC(C)C(=O)OCCOCCOCCOCCOC(=O)C(C)C. The predicted molar refractivity (Wildman–Crippen MR) is 84.1 cm³/mol. The van der Waals surface area contributed by atoms with Crippen molar-refractivity contribution in [1.82, 2.24) is 0 Å². The van der Waals surface area contributed by atoms with E-state index in [0.717, 1.165) is 0 Å². The van der Waals surface area contributed by atoms with Gasteiger partial charge in [0.2, 0.25) is 0 Å². The van der Waals surface area contributed by atoms with Crippen LogP contribution in [0.15, 0.2) is 0 Å². The number of hydrogen-bond donors (Lipinski definition) is 0. The zero-order chi connectivity index (χ0) is 17.5. The first-order valence-corrected chi connectivity index (χ1v) is 8.01. The number of ether oxygens (including phenoxy) is 5. The van der Waals surface area contributed by atoms with Gasteiger partial charge in [0.15, 0.2) is 0 Å². The Bertz CT molecular complexity index is 286. The summed E-state index contributed by atoms with van der Waals surface area (Å²) >= 11 is 0. The van der Waals surface area contributed by atoms with Gasteiger partial charge in [-0.15, -0.1) is 0 Å². The minimum Gasteiger partial charge on any atom is -0.463 e. The topological polar surface area (TPSA) is 80.3 Å². The number of hydrogen-bond acceptors (Lipinski definition) is 7. The van der Waals surface area contributed by atoms with Crippen LogP contribution in [-0.2, 0) is 33.3 Å². The van der Waals surface area contributed by atoms with Gasteiger partial charge >= 0.3 is 11.9 Å². The Balaban J connectivity index is 3.17. The minimum absolute atomic E-state index is 0.118. The van der Waals surface area contributed by atoms with E-state index < -0.39 is 0 Å². The van der Waals surface area contributed by atoms with Crippen molar-refractivity contribution >= 4 is 11.9 Å². The molecular weight excluding hydrogens is 304 g/mol. The fraction of sp³-hybridized carbons (Fsp3) is 0.875. The molecule has 0 aromatic carbocycles. The third-order valence-corrected chi connectivity index (χ3v) is 2.63. The molecule has 0 rings (SSSR count). The van der Waals surface area contributed by atoms with Gasteiger partial charge in [0, 0.05) is 0 Å². The summed E-state index contributed by atoms with van der Waals surface area (Å²) in [5, 5.41) is 0. The maximum absolute atomic E-state index is 11.2. The van der Waals surface area contributed by atoms with E-state index >= 15 is 0 Å². The molecule has 0 spiro atoms. The Hall–Kier alpha value is -1.18. The summed E-state index contributed by atoms with van der Waals surface area (Å²) in [6.07, 6.45) is 0. The maximum atomic E-state index is 11.2. The van der Waals surface area contributed by atoms with Crippen molar-refractivity contribution in [3.8, 4) is 0 Å².